The second-order valence-corrected chi connectivity index (χ2v) is 6.07. The smallest absolute Gasteiger partial charge is 0.481 e. The number of rotatable bonds is 0. The van der Waals surface area contributed by atoms with E-state index < -0.39 is 35.5 Å². The average molecular weight is 338 g/mol. The van der Waals surface area contributed by atoms with E-state index in [0.717, 1.165) is 13.8 Å². The summed E-state index contributed by atoms with van der Waals surface area (Å²) in [7, 11) is 0. The number of ether oxygens (including phenoxy) is 3. The standard InChI is InChI=1S/C10H18O5.2C2H4O2/c1-9(2,3)14-7(11)13-8(12)15-10(4,5)6;2*1-2(3)4/h1-6H3;2*1H3,(H,3,4). The highest BCUT2D eigenvalue weighted by molar-refractivity contribution is 5.77. The fourth-order valence-electron chi connectivity index (χ4n) is 0.610. The van der Waals surface area contributed by atoms with Crippen molar-refractivity contribution in [2.45, 2.75) is 66.6 Å². The molecular weight excluding hydrogens is 312 g/mol. The molecule has 0 saturated heterocycles. The fourth-order valence-corrected chi connectivity index (χ4v) is 0.610. The van der Waals surface area contributed by atoms with Gasteiger partial charge in [0.2, 0.25) is 0 Å². The molecule has 0 amide bonds. The van der Waals surface area contributed by atoms with Crippen LogP contribution in [0, 0.1) is 0 Å². The Morgan fingerprint density at radius 2 is 0.826 bits per heavy atom. The van der Waals surface area contributed by atoms with Crippen molar-refractivity contribution in [3.8, 4) is 0 Å². The molecule has 0 bridgehead atoms. The molecule has 9 nitrogen and oxygen atoms in total. The van der Waals surface area contributed by atoms with Crippen molar-refractivity contribution in [1.29, 1.82) is 0 Å². The maximum Gasteiger partial charge on any atom is 0.519 e. The van der Waals surface area contributed by atoms with Crippen LogP contribution in [0.3, 0.4) is 0 Å². The van der Waals surface area contributed by atoms with Gasteiger partial charge in [-0.15, -0.1) is 0 Å². The number of aliphatic carboxylic acids is 2. The highest BCUT2D eigenvalue weighted by atomic mass is 16.8. The Morgan fingerprint density at radius 1 is 0.652 bits per heavy atom. The average Bonchev–Trinajstić information content (AvgIpc) is 2.06. The third-order valence-electron chi connectivity index (χ3n) is 0.946. The van der Waals surface area contributed by atoms with Crippen molar-refractivity contribution in [2.24, 2.45) is 0 Å². The van der Waals surface area contributed by atoms with Crippen LogP contribution < -0.4 is 0 Å². The first-order chi connectivity index (χ1) is 9.96. The van der Waals surface area contributed by atoms with Crippen LogP contribution in [0.1, 0.15) is 55.4 Å². The lowest BCUT2D eigenvalue weighted by atomic mass is 10.2. The van der Waals surface area contributed by atoms with E-state index in [0.29, 0.717) is 0 Å². The first kappa shape index (κ1) is 25.6. The molecule has 23 heavy (non-hydrogen) atoms. The Kier molecular flexibility index (Phi) is 12.6. The van der Waals surface area contributed by atoms with Crippen LogP contribution in [0.25, 0.3) is 0 Å². The normalized spacial score (nSPS) is 9.91. The van der Waals surface area contributed by atoms with Crippen molar-refractivity contribution in [1.82, 2.24) is 0 Å². The summed E-state index contributed by atoms with van der Waals surface area (Å²) >= 11 is 0. The van der Waals surface area contributed by atoms with Crippen molar-refractivity contribution in [3.63, 3.8) is 0 Å². The van der Waals surface area contributed by atoms with Crippen LogP contribution in [0.4, 0.5) is 9.59 Å². The fraction of sp³-hybridized carbons (Fsp3) is 0.714. The molecule has 0 heterocycles. The maximum atomic E-state index is 11.0. The first-order valence-corrected chi connectivity index (χ1v) is 6.49. The molecule has 0 aromatic carbocycles. The van der Waals surface area contributed by atoms with Crippen LogP contribution >= 0.6 is 0 Å². The first-order valence-electron chi connectivity index (χ1n) is 6.49. The molecule has 0 aliphatic carbocycles. The van der Waals surface area contributed by atoms with Crippen molar-refractivity contribution < 1.29 is 43.6 Å². The van der Waals surface area contributed by atoms with E-state index in [2.05, 4.69) is 4.74 Å². The minimum absolute atomic E-state index is 0.695. The number of carboxylic acid groups (broad SMARTS) is 2. The van der Waals surface area contributed by atoms with Gasteiger partial charge < -0.3 is 24.4 Å². The summed E-state index contributed by atoms with van der Waals surface area (Å²) in [5, 5.41) is 14.8. The quantitative estimate of drug-likeness (QED) is 0.504. The minimum Gasteiger partial charge on any atom is -0.481 e. The van der Waals surface area contributed by atoms with E-state index in [1.54, 1.807) is 41.5 Å². The summed E-state index contributed by atoms with van der Waals surface area (Å²) in [5.74, 6) is -1.67. The topological polar surface area (TPSA) is 136 Å². The molecule has 2 N–H and O–H groups in total. The molecule has 0 spiro atoms. The zero-order valence-corrected chi connectivity index (χ0v) is 14.8. The molecule has 0 aliphatic rings. The van der Waals surface area contributed by atoms with Crippen LogP contribution in [0.5, 0.6) is 0 Å². The summed E-state index contributed by atoms with van der Waals surface area (Å²) in [6.07, 6.45) is -2.12. The Labute approximate surface area is 135 Å². The maximum absolute atomic E-state index is 11.0. The molecule has 0 radical (unpaired) electrons. The van der Waals surface area contributed by atoms with Gasteiger partial charge in [0.1, 0.15) is 11.2 Å². The van der Waals surface area contributed by atoms with Crippen LogP contribution in [0.2, 0.25) is 0 Å². The summed E-state index contributed by atoms with van der Waals surface area (Å²) in [6.45, 7) is 12.2. The van der Waals surface area contributed by atoms with E-state index in [-0.39, 0.29) is 0 Å². The second-order valence-electron chi connectivity index (χ2n) is 6.07. The zero-order chi connectivity index (χ0) is 19.4. The molecule has 136 valence electrons. The Bertz CT molecular complexity index is 353. The summed E-state index contributed by atoms with van der Waals surface area (Å²) in [4.78, 5) is 40.0. The second kappa shape index (κ2) is 11.3. The summed E-state index contributed by atoms with van der Waals surface area (Å²) in [5.41, 5.74) is -1.39. The zero-order valence-electron chi connectivity index (χ0n) is 14.8. The van der Waals surface area contributed by atoms with E-state index in [4.69, 9.17) is 29.3 Å². The summed E-state index contributed by atoms with van der Waals surface area (Å²) in [6, 6.07) is 0. The molecule has 0 aromatic rings. The third-order valence-corrected chi connectivity index (χ3v) is 0.946. The predicted octanol–water partition coefficient (Wildman–Crippen LogP) is 3.06. The highest BCUT2D eigenvalue weighted by Gasteiger charge is 2.24. The molecule has 9 heteroatoms. The van der Waals surface area contributed by atoms with Gasteiger partial charge in [-0.1, -0.05) is 0 Å². The number of carboxylic acids is 2. The monoisotopic (exact) mass is 338 g/mol. The molecule has 0 fully saturated rings. The number of carbonyl (C=O) groups is 4. The van der Waals surface area contributed by atoms with Crippen molar-refractivity contribution >= 4 is 24.2 Å². The third kappa shape index (κ3) is 45.1. The number of hydrogen-bond donors (Lipinski definition) is 2. The van der Waals surface area contributed by atoms with Gasteiger partial charge in [0.05, 0.1) is 0 Å². The number of carbonyl (C=O) groups excluding carboxylic acids is 2. The molecule has 0 unspecified atom stereocenters. The van der Waals surface area contributed by atoms with E-state index in [9.17, 15) is 9.59 Å². The van der Waals surface area contributed by atoms with Crippen molar-refractivity contribution in [2.75, 3.05) is 0 Å². The molecule has 0 atom stereocenters. The lowest BCUT2D eigenvalue weighted by Gasteiger charge is -2.20. The Morgan fingerprint density at radius 3 is 0.957 bits per heavy atom. The van der Waals surface area contributed by atoms with Gasteiger partial charge in [-0.3, -0.25) is 9.59 Å². The van der Waals surface area contributed by atoms with Gasteiger partial charge in [0, 0.05) is 13.8 Å². The van der Waals surface area contributed by atoms with Crippen LogP contribution in [-0.2, 0) is 23.8 Å². The molecule has 0 aliphatic heterocycles. The largest absolute Gasteiger partial charge is 0.519 e. The predicted molar refractivity (Wildman–Crippen MR) is 80.2 cm³/mol. The lowest BCUT2D eigenvalue weighted by molar-refractivity contribution is -0.135. The van der Waals surface area contributed by atoms with Gasteiger partial charge in [0.15, 0.2) is 0 Å². The number of hydrogen-bond acceptors (Lipinski definition) is 7. The van der Waals surface area contributed by atoms with Gasteiger partial charge in [-0.25, -0.2) is 9.59 Å². The Hall–Kier alpha value is -2.32. The van der Waals surface area contributed by atoms with Crippen molar-refractivity contribution in [3.05, 3.63) is 0 Å². The van der Waals surface area contributed by atoms with Crippen LogP contribution in [-0.4, -0.2) is 45.7 Å². The molecule has 0 saturated carbocycles. The Balaban J connectivity index is -0.000000413. The minimum atomic E-state index is -1.06. The highest BCUT2D eigenvalue weighted by Crippen LogP contribution is 2.11. The SMILES string of the molecule is CC(=O)O.CC(=O)O.CC(C)(C)OC(=O)OC(=O)OC(C)(C)C. The van der Waals surface area contributed by atoms with Gasteiger partial charge in [0.25, 0.3) is 11.9 Å². The van der Waals surface area contributed by atoms with E-state index in [1.807, 2.05) is 0 Å². The molecule has 0 rings (SSSR count). The summed E-state index contributed by atoms with van der Waals surface area (Å²) < 4.78 is 13.8. The van der Waals surface area contributed by atoms with Gasteiger partial charge >= 0.3 is 12.3 Å². The van der Waals surface area contributed by atoms with E-state index >= 15 is 0 Å². The van der Waals surface area contributed by atoms with Crippen LogP contribution in [0.15, 0.2) is 0 Å². The lowest BCUT2D eigenvalue weighted by Crippen LogP contribution is -2.29. The van der Waals surface area contributed by atoms with E-state index in [1.165, 1.54) is 0 Å². The molecule has 0 aromatic heterocycles. The van der Waals surface area contributed by atoms with Gasteiger partial charge in [-0.05, 0) is 41.5 Å². The van der Waals surface area contributed by atoms with Gasteiger partial charge in [-0.2, -0.15) is 0 Å². The molecular formula is C14H26O9.